The summed E-state index contributed by atoms with van der Waals surface area (Å²) in [5.41, 5.74) is 2.49. The zero-order chi connectivity index (χ0) is 21.6. The van der Waals surface area contributed by atoms with Crippen LogP contribution in [-0.2, 0) is 14.8 Å². The minimum atomic E-state index is -3.53. The Morgan fingerprint density at radius 2 is 1.72 bits per heavy atom. The van der Waals surface area contributed by atoms with Gasteiger partial charge in [0.1, 0.15) is 0 Å². The van der Waals surface area contributed by atoms with Crippen molar-refractivity contribution in [3.05, 3.63) is 53.6 Å². The van der Waals surface area contributed by atoms with Crippen LogP contribution in [0, 0.1) is 19.8 Å². The van der Waals surface area contributed by atoms with Crippen molar-refractivity contribution >= 4 is 34.2 Å². The predicted molar refractivity (Wildman–Crippen MR) is 121 cm³/mol. The van der Waals surface area contributed by atoms with Crippen molar-refractivity contribution in [3.63, 3.8) is 0 Å². The minimum absolute atomic E-state index is 0.0718. The van der Waals surface area contributed by atoms with Gasteiger partial charge in [-0.25, -0.2) is 8.42 Å². The van der Waals surface area contributed by atoms with Gasteiger partial charge in [-0.1, -0.05) is 37.6 Å². The third-order valence-corrected chi connectivity index (χ3v) is 7.22. The summed E-state index contributed by atoms with van der Waals surface area (Å²) >= 11 is 4.27. The van der Waals surface area contributed by atoms with Crippen LogP contribution in [0.5, 0.6) is 0 Å². The summed E-state index contributed by atoms with van der Waals surface area (Å²) in [6.45, 7) is 8.45. The Kier molecular flexibility index (Phi) is 8.31. The highest BCUT2D eigenvalue weighted by Gasteiger charge is 2.32. The second-order valence-electron chi connectivity index (χ2n) is 6.99. The van der Waals surface area contributed by atoms with E-state index in [-0.39, 0.29) is 11.8 Å². The topological polar surface area (TPSA) is 66.5 Å². The standard InChI is InChI=1S/C20H24N2O3S2.C2H6/c1-14-6-7-19(15(2)12-14)27(24,25)22-10-8-16(9-11-22)20(23)21-17-4-3-5-18(26)13-17;1-2/h3-7,12-13,16,26H,8-11H2,1-2H3,(H,21,23);1-2H3. The molecule has 0 saturated carbocycles. The predicted octanol–water partition coefficient (Wildman–Crippen LogP) is 4.66. The molecule has 0 bridgehead atoms. The first kappa shape index (κ1) is 23.4. The molecule has 0 atom stereocenters. The van der Waals surface area contributed by atoms with Gasteiger partial charge in [0.2, 0.25) is 15.9 Å². The maximum Gasteiger partial charge on any atom is 0.243 e. The van der Waals surface area contributed by atoms with Crippen molar-refractivity contribution < 1.29 is 13.2 Å². The molecule has 1 fully saturated rings. The fourth-order valence-electron chi connectivity index (χ4n) is 3.41. The van der Waals surface area contributed by atoms with E-state index in [1.165, 1.54) is 4.31 Å². The van der Waals surface area contributed by atoms with E-state index in [2.05, 4.69) is 17.9 Å². The first-order valence-corrected chi connectivity index (χ1v) is 11.8. The Balaban J connectivity index is 0.00000145. The summed E-state index contributed by atoms with van der Waals surface area (Å²) < 4.78 is 27.4. The van der Waals surface area contributed by atoms with Gasteiger partial charge in [0.15, 0.2) is 0 Å². The van der Waals surface area contributed by atoms with Crippen LogP contribution in [0.1, 0.15) is 37.8 Å². The lowest BCUT2D eigenvalue weighted by molar-refractivity contribution is -0.120. The lowest BCUT2D eigenvalue weighted by Gasteiger charge is -2.31. The average molecular weight is 435 g/mol. The first-order chi connectivity index (χ1) is 13.8. The monoisotopic (exact) mass is 434 g/mol. The van der Waals surface area contributed by atoms with Crippen molar-refractivity contribution in [2.24, 2.45) is 5.92 Å². The van der Waals surface area contributed by atoms with Crippen LogP contribution in [0.4, 0.5) is 5.69 Å². The number of amides is 1. The largest absolute Gasteiger partial charge is 0.326 e. The molecule has 158 valence electrons. The van der Waals surface area contributed by atoms with E-state index in [1.807, 2.05) is 58.0 Å². The number of piperidine rings is 1. The fraction of sp³-hybridized carbons (Fsp3) is 0.409. The Morgan fingerprint density at radius 3 is 2.31 bits per heavy atom. The fourth-order valence-corrected chi connectivity index (χ4v) is 5.31. The smallest absolute Gasteiger partial charge is 0.243 e. The van der Waals surface area contributed by atoms with E-state index in [9.17, 15) is 13.2 Å². The highest BCUT2D eigenvalue weighted by Crippen LogP contribution is 2.27. The molecule has 1 N–H and O–H groups in total. The van der Waals surface area contributed by atoms with Gasteiger partial charge in [-0.2, -0.15) is 4.31 Å². The third kappa shape index (κ3) is 5.84. The van der Waals surface area contributed by atoms with Crippen molar-refractivity contribution in [2.75, 3.05) is 18.4 Å². The number of nitrogens with one attached hydrogen (secondary N) is 1. The Hall–Kier alpha value is -1.83. The van der Waals surface area contributed by atoms with Crippen LogP contribution in [0.25, 0.3) is 0 Å². The van der Waals surface area contributed by atoms with Crippen molar-refractivity contribution in [3.8, 4) is 0 Å². The molecule has 2 aromatic rings. The lowest BCUT2D eigenvalue weighted by Crippen LogP contribution is -2.41. The molecule has 1 amide bonds. The highest BCUT2D eigenvalue weighted by molar-refractivity contribution is 7.89. The zero-order valence-corrected chi connectivity index (χ0v) is 19.2. The van der Waals surface area contributed by atoms with E-state index >= 15 is 0 Å². The summed E-state index contributed by atoms with van der Waals surface area (Å²) in [7, 11) is -3.53. The molecule has 0 radical (unpaired) electrons. The summed E-state index contributed by atoms with van der Waals surface area (Å²) in [6.07, 6.45) is 1.02. The van der Waals surface area contributed by atoms with Crippen molar-refractivity contribution in [1.82, 2.24) is 4.31 Å². The van der Waals surface area contributed by atoms with Crippen LogP contribution in [0.2, 0.25) is 0 Å². The SMILES string of the molecule is CC.Cc1ccc(S(=O)(=O)N2CCC(C(=O)Nc3cccc(S)c3)CC2)c(C)c1. The lowest BCUT2D eigenvalue weighted by atomic mass is 9.97. The molecule has 29 heavy (non-hydrogen) atoms. The van der Waals surface area contributed by atoms with E-state index in [4.69, 9.17) is 0 Å². The van der Waals surface area contributed by atoms with E-state index < -0.39 is 10.0 Å². The van der Waals surface area contributed by atoms with Crippen LogP contribution in [0.15, 0.2) is 52.3 Å². The summed E-state index contributed by atoms with van der Waals surface area (Å²) in [5, 5.41) is 2.90. The molecule has 2 aromatic carbocycles. The number of thiol groups is 1. The third-order valence-electron chi connectivity index (χ3n) is 4.89. The highest BCUT2D eigenvalue weighted by atomic mass is 32.2. The van der Waals surface area contributed by atoms with Gasteiger partial charge in [-0.15, -0.1) is 12.6 Å². The number of nitrogens with zero attached hydrogens (tertiary/aromatic N) is 1. The Labute approximate surface area is 180 Å². The maximum atomic E-state index is 12.9. The molecule has 3 rings (SSSR count). The normalized spacial score (nSPS) is 15.3. The molecule has 1 aliphatic heterocycles. The maximum absolute atomic E-state index is 12.9. The molecule has 0 spiro atoms. The number of benzene rings is 2. The molecule has 7 heteroatoms. The van der Waals surface area contributed by atoms with Crippen molar-refractivity contribution in [1.29, 1.82) is 0 Å². The molecule has 0 aromatic heterocycles. The number of carbonyl (C=O) groups excluding carboxylic acids is 1. The second-order valence-corrected chi connectivity index (χ2v) is 9.41. The van der Waals surface area contributed by atoms with E-state index in [0.717, 1.165) is 16.0 Å². The Morgan fingerprint density at radius 1 is 1.07 bits per heavy atom. The van der Waals surface area contributed by atoms with Gasteiger partial charge in [-0.05, 0) is 56.5 Å². The first-order valence-electron chi connectivity index (χ1n) is 9.94. The van der Waals surface area contributed by atoms with Gasteiger partial charge >= 0.3 is 0 Å². The number of aryl methyl sites for hydroxylation is 2. The zero-order valence-electron chi connectivity index (χ0n) is 17.5. The number of carbonyl (C=O) groups is 1. The van der Waals surface area contributed by atoms with Gasteiger partial charge in [0.25, 0.3) is 0 Å². The Bertz CT molecular complexity index is 950. The number of sulfonamides is 1. The molecule has 0 aliphatic carbocycles. The molecular weight excluding hydrogens is 404 g/mol. The summed E-state index contributed by atoms with van der Waals surface area (Å²) in [4.78, 5) is 13.6. The van der Waals surface area contributed by atoms with E-state index in [0.29, 0.717) is 36.5 Å². The molecule has 1 saturated heterocycles. The summed E-state index contributed by atoms with van der Waals surface area (Å²) in [6, 6.07) is 12.6. The molecular formula is C22H30N2O3S2. The van der Waals surface area contributed by atoms with Crippen LogP contribution in [0.3, 0.4) is 0 Å². The minimum Gasteiger partial charge on any atom is -0.326 e. The van der Waals surface area contributed by atoms with E-state index in [1.54, 1.807) is 12.1 Å². The molecule has 5 nitrogen and oxygen atoms in total. The number of hydrogen-bond donors (Lipinski definition) is 2. The molecule has 1 aliphatic rings. The van der Waals surface area contributed by atoms with Gasteiger partial charge < -0.3 is 5.32 Å². The van der Waals surface area contributed by atoms with Crippen LogP contribution >= 0.6 is 12.6 Å². The van der Waals surface area contributed by atoms with Gasteiger partial charge in [0.05, 0.1) is 4.90 Å². The van der Waals surface area contributed by atoms with Gasteiger partial charge in [-0.3, -0.25) is 4.79 Å². The van der Waals surface area contributed by atoms with Crippen LogP contribution in [-0.4, -0.2) is 31.7 Å². The van der Waals surface area contributed by atoms with Gasteiger partial charge in [0, 0.05) is 29.6 Å². The molecule has 1 heterocycles. The average Bonchev–Trinajstić information content (AvgIpc) is 2.69. The number of hydrogen-bond acceptors (Lipinski definition) is 4. The number of rotatable bonds is 4. The molecule has 0 unspecified atom stereocenters. The second kappa shape index (κ2) is 10.3. The quantitative estimate of drug-likeness (QED) is 0.688. The summed E-state index contributed by atoms with van der Waals surface area (Å²) in [5.74, 6) is -0.267. The van der Waals surface area contributed by atoms with Crippen LogP contribution < -0.4 is 5.32 Å². The number of anilines is 1. The van der Waals surface area contributed by atoms with Crippen molar-refractivity contribution in [2.45, 2.75) is 50.3 Å².